The molecule has 0 aliphatic rings. The third-order valence-corrected chi connectivity index (χ3v) is 6.41. The molecular weight excluding hydrogens is 439 g/mol. The van der Waals surface area contributed by atoms with Crippen LogP contribution in [-0.4, -0.2) is 25.3 Å². The summed E-state index contributed by atoms with van der Waals surface area (Å²) in [6, 6.07) is 17.6. The zero-order valence-corrected chi connectivity index (χ0v) is 18.7. The molecule has 0 aliphatic heterocycles. The van der Waals surface area contributed by atoms with E-state index in [-0.39, 0.29) is 11.6 Å². The maximum Gasteiger partial charge on any atom is 0.174 e. The Bertz CT molecular complexity index is 1490. The fourth-order valence-electron chi connectivity index (χ4n) is 3.54. The smallest absolute Gasteiger partial charge is 0.174 e. The lowest BCUT2D eigenvalue weighted by atomic mass is 10.1. The quantitative estimate of drug-likeness (QED) is 0.339. The van der Waals surface area contributed by atoms with Crippen molar-refractivity contribution in [1.82, 2.24) is 20.2 Å². The number of tetrazole rings is 1. The van der Waals surface area contributed by atoms with E-state index < -0.39 is 0 Å². The minimum Gasteiger partial charge on any atom is -0.508 e. The fraction of sp³-hybridized carbons (Fsp3) is 0.0800. The second-order valence-electron chi connectivity index (χ2n) is 7.57. The number of ether oxygens (including phenoxy) is 1. The maximum atomic E-state index is 13.7. The Kier molecular flexibility index (Phi) is 5.35. The Morgan fingerprint density at radius 3 is 2.58 bits per heavy atom. The van der Waals surface area contributed by atoms with Gasteiger partial charge in [0.15, 0.2) is 11.6 Å². The van der Waals surface area contributed by atoms with Gasteiger partial charge in [-0.1, -0.05) is 24.3 Å². The van der Waals surface area contributed by atoms with Crippen molar-refractivity contribution in [3.63, 3.8) is 0 Å². The normalized spacial score (nSPS) is 11.5. The van der Waals surface area contributed by atoms with Gasteiger partial charge in [-0.25, -0.2) is 9.07 Å². The number of phenolic OH excluding ortho intramolecular Hbond substituents is 1. The molecule has 6 nitrogen and oxygen atoms in total. The van der Waals surface area contributed by atoms with Gasteiger partial charge in [0, 0.05) is 17.1 Å². The number of benzene rings is 3. The lowest BCUT2D eigenvalue weighted by Gasteiger charge is -2.10. The SMILES string of the molecule is Cc1cc(F)ccc1-c1sc2cc(O)ccc2c1Oc1ccc(C=Cc2nnnn2C)cc1. The molecule has 0 fully saturated rings. The minimum atomic E-state index is -0.279. The summed E-state index contributed by atoms with van der Waals surface area (Å²) in [5, 5.41) is 22.2. The van der Waals surface area contributed by atoms with Gasteiger partial charge in [0.25, 0.3) is 0 Å². The van der Waals surface area contributed by atoms with Crippen molar-refractivity contribution < 1.29 is 14.2 Å². The number of aromatic hydroxyl groups is 1. The summed E-state index contributed by atoms with van der Waals surface area (Å²) in [7, 11) is 1.78. The van der Waals surface area contributed by atoms with Crippen molar-refractivity contribution in [1.29, 1.82) is 0 Å². The number of aryl methyl sites for hydroxylation is 2. The van der Waals surface area contributed by atoms with E-state index in [9.17, 15) is 9.50 Å². The predicted molar refractivity (Wildman–Crippen MR) is 128 cm³/mol. The van der Waals surface area contributed by atoms with E-state index in [1.807, 2.05) is 49.4 Å². The van der Waals surface area contributed by atoms with Gasteiger partial charge in [0.2, 0.25) is 0 Å². The molecule has 2 aromatic heterocycles. The molecule has 0 atom stereocenters. The highest BCUT2D eigenvalue weighted by Gasteiger charge is 2.18. The zero-order chi connectivity index (χ0) is 22.9. The summed E-state index contributed by atoms with van der Waals surface area (Å²) < 4.78 is 22.5. The maximum absolute atomic E-state index is 13.7. The minimum absolute atomic E-state index is 0.187. The van der Waals surface area contributed by atoms with Crippen LogP contribution in [0.3, 0.4) is 0 Å². The number of phenols is 1. The Morgan fingerprint density at radius 2 is 1.85 bits per heavy atom. The van der Waals surface area contributed by atoms with E-state index >= 15 is 0 Å². The van der Waals surface area contributed by atoms with Crippen LogP contribution in [0.25, 0.3) is 32.7 Å². The lowest BCUT2D eigenvalue weighted by Crippen LogP contribution is -1.93. The third-order valence-electron chi connectivity index (χ3n) is 5.24. The molecular formula is C25H19FN4O2S. The highest BCUT2D eigenvalue weighted by Crippen LogP contribution is 2.47. The van der Waals surface area contributed by atoms with E-state index in [2.05, 4.69) is 15.5 Å². The van der Waals surface area contributed by atoms with Gasteiger partial charge in [-0.3, -0.25) is 0 Å². The molecule has 164 valence electrons. The molecule has 3 aromatic carbocycles. The van der Waals surface area contributed by atoms with Crippen LogP contribution in [-0.2, 0) is 7.05 Å². The molecule has 0 radical (unpaired) electrons. The van der Waals surface area contributed by atoms with E-state index in [0.29, 0.717) is 17.3 Å². The van der Waals surface area contributed by atoms with Gasteiger partial charge in [-0.05, 0) is 82.6 Å². The number of halogens is 1. The van der Waals surface area contributed by atoms with Gasteiger partial charge in [-0.15, -0.1) is 16.4 Å². The topological polar surface area (TPSA) is 73.1 Å². The molecule has 0 unspecified atom stereocenters. The molecule has 33 heavy (non-hydrogen) atoms. The largest absolute Gasteiger partial charge is 0.508 e. The standard InChI is InChI=1S/C25H19FN4O2S/c1-15-13-17(26)6-10-20(15)25-24(21-11-7-18(31)14-22(21)33-25)32-19-8-3-16(4-9-19)5-12-23-27-28-29-30(23)2/h3-14,31H,1-2H3. The Balaban J connectivity index is 1.50. The summed E-state index contributed by atoms with van der Waals surface area (Å²) in [4.78, 5) is 0.881. The van der Waals surface area contributed by atoms with Crippen molar-refractivity contribution in [3.8, 4) is 27.7 Å². The van der Waals surface area contributed by atoms with Gasteiger partial charge in [0.05, 0.1) is 4.88 Å². The third kappa shape index (κ3) is 4.20. The second kappa shape index (κ2) is 8.48. The van der Waals surface area contributed by atoms with E-state index in [0.717, 1.165) is 31.7 Å². The van der Waals surface area contributed by atoms with Crippen LogP contribution in [0.2, 0.25) is 0 Å². The van der Waals surface area contributed by atoms with Crippen LogP contribution >= 0.6 is 11.3 Å². The van der Waals surface area contributed by atoms with Gasteiger partial charge in [-0.2, -0.15) is 0 Å². The van der Waals surface area contributed by atoms with E-state index in [1.54, 1.807) is 29.9 Å². The van der Waals surface area contributed by atoms with Crippen molar-refractivity contribution in [2.24, 2.45) is 7.05 Å². The second-order valence-corrected chi connectivity index (χ2v) is 8.62. The molecule has 5 aromatic rings. The Labute approximate surface area is 193 Å². The van der Waals surface area contributed by atoms with Crippen LogP contribution < -0.4 is 4.74 Å². The molecule has 0 aliphatic carbocycles. The predicted octanol–water partition coefficient (Wildman–Crippen LogP) is 6.21. The summed E-state index contributed by atoms with van der Waals surface area (Å²) in [6.45, 7) is 1.87. The van der Waals surface area contributed by atoms with Gasteiger partial charge >= 0.3 is 0 Å². The molecule has 0 spiro atoms. The number of hydrogen-bond acceptors (Lipinski definition) is 6. The first-order chi connectivity index (χ1) is 16.0. The summed E-state index contributed by atoms with van der Waals surface area (Å²) >= 11 is 1.50. The van der Waals surface area contributed by atoms with Crippen LogP contribution in [0, 0.1) is 12.7 Å². The highest BCUT2D eigenvalue weighted by molar-refractivity contribution is 7.22. The van der Waals surface area contributed by atoms with Crippen LogP contribution in [0.15, 0.2) is 60.7 Å². The molecule has 8 heteroatoms. The first kappa shape index (κ1) is 20.8. The van der Waals surface area contributed by atoms with Gasteiger partial charge < -0.3 is 9.84 Å². The first-order valence-corrected chi connectivity index (χ1v) is 11.0. The summed E-state index contributed by atoms with van der Waals surface area (Å²) in [5.74, 6) is 1.91. The monoisotopic (exact) mass is 458 g/mol. The highest BCUT2D eigenvalue weighted by atomic mass is 32.1. The van der Waals surface area contributed by atoms with Crippen molar-refractivity contribution >= 4 is 33.6 Å². The molecule has 0 bridgehead atoms. The molecule has 2 heterocycles. The average molecular weight is 459 g/mol. The Hall–Kier alpha value is -4.04. The molecule has 0 saturated carbocycles. The molecule has 0 saturated heterocycles. The van der Waals surface area contributed by atoms with Crippen LogP contribution in [0.4, 0.5) is 4.39 Å². The lowest BCUT2D eigenvalue weighted by molar-refractivity contribution is 0.476. The number of fused-ring (bicyclic) bond motifs is 1. The number of hydrogen-bond donors (Lipinski definition) is 1. The first-order valence-electron chi connectivity index (χ1n) is 10.2. The Morgan fingerprint density at radius 1 is 1.03 bits per heavy atom. The zero-order valence-electron chi connectivity index (χ0n) is 17.9. The van der Waals surface area contributed by atoms with E-state index in [1.165, 1.54) is 23.5 Å². The van der Waals surface area contributed by atoms with Crippen molar-refractivity contribution in [2.75, 3.05) is 0 Å². The van der Waals surface area contributed by atoms with Crippen molar-refractivity contribution in [3.05, 3.63) is 83.4 Å². The number of rotatable bonds is 5. The van der Waals surface area contributed by atoms with Crippen LogP contribution in [0.5, 0.6) is 17.2 Å². The number of aromatic nitrogens is 4. The average Bonchev–Trinajstić information content (AvgIpc) is 3.36. The van der Waals surface area contributed by atoms with Crippen molar-refractivity contribution in [2.45, 2.75) is 6.92 Å². The van der Waals surface area contributed by atoms with Gasteiger partial charge in [0.1, 0.15) is 17.3 Å². The molecule has 5 rings (SSSR count). The fourth-order valence-corrected chi connectivity index (χ4v) is 4.79. The number of nitrogens with zero attached hydrogens (tertiary/aromatic N) is 4. The van der Waals surface area contributed by atoms with E-state index in [4.69, 9.17) is 4.74 Å². The van der Waals surface area contributed by atoms with Crippen LogP contribution in [0.1, 0.15) is 17.0 Å². The molecule has 0 amide bonds. The number of thiophene rings is 1. The molecule has 1 N–H and O–H groups in total. The summed E-state index contributed by atoms with van der Waals surface area (Å²) in [5.41, 5.74) is 2.68. The summed E-state index contributed by atoms with van der Waals surface area (Å²) in [6.07, 6.45) is 3.76.